The monoisotopic (exact) mass is 229 g/mol. The maximum atomic E-state index is 13.1. The lowest BCUT2D eigenvalue weighted by atomic mass is 10.2. The van der Waals surface area contributed by atoms with Crippen molar-refractivity contribution in [1.82, 2.24) is 0 Å². The third-order valence-electron chi connectivity index (χ3n) is 1.70. The predicted molar refractivity (Wildman–Crippen MR) is 54.6 cm³/mol. The second-order valence-corrected chi connectivity index (χ2v) is 3.09. The van der Waals surface area contributed by atoms with Crippen LogP contribution in [0.3, 0.4) is 0 Å². The molecule has 15 heavy (non-hydrogen) atoms. The fraction of sp³-hybridized carbons (Fsp3) is 0.300. The van der Waals surface area contributed by atoms with E-state index >= 15 is 0 Å². The van der Waals surface area contributed by atoms with Gasteiger partial charge in [-0.05, 0) is 19.1 Å². The molecular formula is C10H9ClFNO2. The number of rotatable bonds is 4. The van der Waals surface area contributed by atoms with Crippen molar-refractivity contribution in [2.24, 2.45) is 4.99 Å². The highest BCUT2D eigenvalue weighted by molar-refractivity contribution is 6.32. The van der Waals surface area contributed by atoms with E-state index in [0.29, 0.717) is 12.4 Å². The van der Waals surface area contributed by atoms with Crippen LogP contribution in [0.15, 0.2) is 23.2 Å². The van der Waals surface area contributed by atoms with Crippen LogP contribution in [0.5, 0.6) is 5.75 Å². The van der Waals surface area contributed by atoms with Crippen molar-refractivity contribution in [1.29, 1.82) is 0 Å². The van der Waals surface area contributed by atoms with E-state index in [1.807, 2.05) is 6.92 Å². The molecule has 0 radical (unpaired) electrons. The van der Waals surface area contributed by atoms with Crippen molar-refractivity contribution in [3.05, 3.63) is 28.8 Å². The van der Waals surface area contributed by atoms with E-state index in [0.717, 1.165) is 6.08 Å². The second-order valence-electron chi connectivity index (χ2n) is 2.68. The Kier molecular flexibility index (Phi) is 4.28. The molecule has 0 aliphatic heterocycles. The summed E-state index contributed by atoms with van der Waals surface area (Å²) in [7, 11) is 0. The van der Waals surface area contributed by atoms with Crippen LogP contribution in [-0.2, 0) is 4.79 Å². The lowest BCUT2D eigenvalue weighted by Gasteiger charge is -2.07. The van der Waals surface area contributed by atoms with Gasteiger partial charge in [0.15, 0.2) is 0 Å². The van der Waals surface area contributed by atoms with Crippen LogP contribution >= 0.6 is 11.6 Å². The van der Waals surface area contributed by atoms with Gasteiger partial charge in [-0.15, -0.1) is 0 Å². The van der Waals surface area contributed by atoms with Crippen molar-refractivity contribution in [2.75, 3.05) is 6.61 Å². The van der Waals surface area contributed by atoms with E-state index in [9.17, 15) is 9.18 Å². The Labute approximate surface area is 91.5 Å². The number of ether oxygens (including phenoxy) is 1. The maximum Gasteiger partial charge on any atom is 0.238 e. The number of benzene rings is 1. The topological polar surface area (TPSA) is 38.7 Å². The molecule has 0 N–H and O–H groups in total. The summed E-state index contributed by atoms with van der Waals surface area (Å²) >= 11 is 5.82. The zero-order chi connectivity index (χ0) is 11.3. The number of carbonyl (C=O) groups excluding carboxylic acids is 1. The van der Waals surface area contributed by atoms with Gasteiger partial charge in [-0.1, -0.05) is 17.7 Å². The highest BCUT2D eigenvalue weighted by atomic mass is 35.5. The van der Waals surface area contributed by atoms with Crippen molar-refractivity contribution in [2.45, 2.75) is 13.2 Å². The summed E-state index contributed by atoms with van der Waals surface area (Å²) in [6, 6.07) is 4.37. The number of aliphatic imine (C=N–C) groups is 1. The third kappa shape index (κ3) is 3.05. The molecule has 0 saturated carbocycles. The maximum absolute atomic E-state index is 13.1. The Hall–Kier alpha value is -1.38. The largest absolute Gasteiger partial charge is 0.492 e. The summed E-state index contributed by atoms with van der Waals surface area (Å²) in [5, 5.41) is 0.290. The van der Waals surface area contributed by atoms with Crippen LogP contribution in [0.2, 0.25) is 5.02 Å². The van der Waals surface area contributed by atoms with E-state index in [1.165, 1.54) is 18.2 Å². The predicted octanol–water partition coefficient (Wildman–Crippen LogP) is 3.04. The molecule has 0 aliphatic carbocycles. The van der Waals surface area contributed by atoms with Crippen LogP contribution in [-0.4, -0.2) is 12.7 Å². The minimum absolute atomic E-state index is 0.201. The fourth-order valence-corrected chi connectivity index (χ4v) is 1.30. The van der Waals surface area contributed by atoms with Gasteiger partial charge in [0.05, 0.1) is 11.6 Å². The van der Waals surface area contributed by atoms with Crippen LogP contribution in [0, 0.1) is 0 Å². The summed E-state index contributed by atoms with van der Waals surface area (Å²) in [6.07, 6.45) is -0.575. The molecule has 0 aliphatic rings. The summed E-state index contributed by atoms with van der Waals surface area (Å²) in [6.45, 7) is 2.30. The second kappa shape index (κ2) is 5.49. The van der Waals surface area contributed by atoms with Crippen LogP contribution < -0.4 is 4.74 Å². The van der Waals surface area contributed by atoms with Gasteiger partial charge in [0, 0.05) is 5.56 Å². The average Bonchev–Trinajstić information content (AvgIpc) is 2.21. The number of hydrogen-bond donors (Lipinski definition) is 0. The first-order valence-corrected chi connectivity index (χ1v) is 4.70. The lowest BCUT2D eigenvalue weighted by molar-refractivity contribution is 0.338. The fourth-order valence-electron chi connectivity index (χ4n) is 1.06. The van der Waals surface area contributed by atoms with Gasteiger partial charge in [0.2, 0.25) is 12.4 Å². The highest BCUT2D eigenvalue weighted by Gasteiger charge is 2.10. The summed E-state index contributed by atoms with van der Waals surface area (Å²) in [5.41, 5.74) is 0.201. The van der Waals surface area contributed by atoms with Crippen molar-refractivity contribution in [3.63, 3.8) is 0 Å². The highest BCUT2D eigenvalue weighted by Crippen LogP contribution is 2.29. The zero-order valence-electron chi connectivity index (χ0n) is 8.04. The molecule has 1 aromatic rings. The average molecular weight is 230 g/mol. The molecule has 1 atom stereocenters. The Bertz CT molecular complexity index is 391. The Morgan fingerprint density at radius 2 is 2.40 bits per heavy atom. The van der Waals surface area contributed by atoms with Crippen molar-refractivity contribution in [3.8, 4) is 5.75 Å². The van der Waals surface area contributed by atoms with E-state index < -0.39 is 6.30 Å². The summed E-state index contributed by atoms with van der Waals surface area (Å²) in [5.74, 6) is 0.477. The van der Waals surface area contributed by atoms with E-state index in [4.69, 9.17) is 16.3 Å². The number of nitrogens with zero attached hydrogens (tertiary/aromatic N) is 1. The molecule has 5 heteroatoms. The van der Waals surface area contributed by atoms with Gasteiger partial charge in [0.25, 0.3) is 0 Å². The molecule has 0 amide bonds. The van der Waals surface area contributed by atoms with Gasteiger partial charge < -0.3 is 4.74 Å². The van der Waals surface area contributed by atoms with Crippen LogP contribution in [0.4, 0.5) is 4.39 Å². The van der Waals surface area contributed by atoms with Crippen molar-refractivity contribution < 1.29 is 13.9 Å². The standard InChI is InChI=1S/C10H9ClFNO2/c1-2-15-9-4-3-7(5-8(9)11)10(12)13-6-14/h3-5,10H,2H2,1H3. The van der Waals surface area contributed by atoms with Gasteiger partial charge in [-0.25, -0.2) is 9.18 Å². The third-order valence-corrected chi connectivity index (χ3v) is 1.99. The van der Waals surface area contributed by atoms with Crippen LogP contribution in [0.25, 0.3) is 0 Å². The molecule has 1 rings (SSSR count). The first kappa shape index (κ1) is 11.7. The Morgan fingerprint density at radius 1 is 1.67 bits per heavy atom. The molecule has 1 unspecified atom stereocenters. The molecular weight excluding hydrogens is 221 g/mol. The molecule has 3 nitrogen and oxygen atoms in total. The molecule has 0 bridgehead atoms. The molecule has 80 valence electrons. The number of alkyl halides is 1. The molecule has 0 fully saturated rings. The summed E-state index contributed by atoms with van der Waals surface area (Å²) in [4.78, 5) is 12.8. The molecule has 0 spiro atoms. The summed E-state index contributed by atoms with van der Waals surface area (Å²) < 4.78 is 18.3. The number of hydrogen-bond acceptors (Lipinski definition) is 3. The van der Waals surface area contributed by atoms with E-state index in [2.05, 4.69) is 4.99 Å². The molecule has 0 saturated heterocycles. The normalized spacial score (nSPS) is 11.7. The quantitative estimate of drug-likeness (QED) is 0.452. The van der Waals surface area contributed by atoms with Crippen LogP contribution in [0.1, 0.15) is 18.8 Å². The van der Waals surface area contributed by atoms with Gasteiger partial charge in [-0.2, -0.15) is 4.99 Å². The zero-order valence-corrected chi connectivity index (χ0v) is 8.79. The molecule has 1 aromatic carbocycles. The van der Waals surface area contributed by atoms with Gasteiger partial charge >= 0.3 is 0 Å². The number of halogens is 2. The Balaban J connectivity index is 2.95. The van der Waals surface area contributed by atoms with Crippen molar-refractivity contribution >= 4 is 17.7 Å². The minimum Gasteiger partial charge on any atom is -0.492 e. The van der Waals surface area contributed by atoms with E-state index in [1.54, 1.807) is 0 Å². The SMILES string of the molecule is CCOc1ccc(C(F)N=C=O)cc1Cl. The lowest BCUT2D eigenvalue weighted by Crippen LogP contribution is -1.94. The molecule has 0 heterocycles. The molecule has 0 aromatic heterocycles. The Morgan fingerprint density at radius 3 is 2.93 bits per heavy atom. The smallest absolute Gasteiger partial charge is 0.238 e. The first-order chi connectivity index (χ1) is 7.19. The first-order valence-electron chi connectivity index (χ1n) is 4.32. The van der Waals surface area contributed by atoms with Gasteiger partial charge in [0.1, 0.15) is 5.75 Å². The minimum atomic E-state index is -1.73. The van der Waals surface area contributed by atoms with Gasteiger partial charge in [-0.3, -0.25) is 0 Å². The van der Waals surface area contributed by atoms with E-state index in [-0.39, 0.29) is 10.6 Å². The number of isocyanates is 1.